The first-order valence-corrected chi connectivity index (χ1v) is 7.19. The van der Waals surface area contributed by atoms with Gasteiger partial charge in [0, 0.05) is 18.2 Å². The van der Waals surface area contributed by atoms with Crippen LogP contribution in [0.15, 0.2) is 41.1 Å². The van der Waals surface area contributed by atoms with Gasteiger partial charge >= 0.3 is 0 Å². The Kier molecular flexibility index (Phi) is 4.20. The normalized spacial score (nSPS) is 10.8. The lowest BCUT2D eigenvalue weighted by molar-refractivity contribution is 0.0991. The Hall–Kier alpha value is -2.93. The fourth-order valence-corrected chi connectivity index (χ4v) is 2.25. The number of carbonyl (C=O) groups excluding carboxylic acids is 1. The molecule has 0 atom stereocenters. The summed E-state index contributed by atoms with van der Waals surface area (Å²) in [5.74, 6) is -0.0457. The molecule has 0 aliphatic heterocycles. The van der Waals surface area contributed by atoms with Crippen LogP contribution in [0.2, 0.25) is 0 Å². The Morgan fingerprint density at radius 3 is 2.78 bits per heavy atom. The van der Waals surface area contributed by atoms with Crippen molar-refractivity contribution in [2.24, 2.45) is 5.73 Å². The van der Waals surface area contributed by atoms with E-state index in [1.165, 1.54) is 11.6 Å². The lowest BCUT2D eigenvalue weighted by Crippen LogP contribution is -2.13. The SMILES string of the molecule is Cc1ccc(-c2[nH]ncc2CNCc2cc(C(N)=O)no2)cc1. The highest BCUT2D eigenvalue weighted by atomic mass is 16.5. The first kappa shape index (κ1) is 15.0. The molecule has 2 heterocycles. The summed E-state index contributed by atoms with van der Waals surface area (Å²) in [7, 11) is 0. The summed E-state index contributed by atoms with van der Waals surface area (Å²) in [4.78, 5) is 11.0. The summed E-state index contributed by atoms with van der Waals surface area (Å²) in [5.41, 5.74) is 9.58. The lowest BCUT2D eigenvalue weighted by Gasteiger charge is -2.05. The number of carbonyl (C=O) groups is 1. The van der Waals surface area contributed by atoms with E-state index in [2.05, 4.69) is 51.9 Å². The van der Waals surface area contributed by atoms with Crippen molar-refractivity contribution in [2.75, 3.05) is 0 Å². The molecule has 118 valence electrons. The van der Waals surface area contributed by atoms with Crippen LogP contribution in [-0.4, -0.2) is 21.3 Å². The molecule has 0 unspecified atom stereocenters. The third kappa shape index (κ3) is 3.46. The maximum Gasteiger partial charge on any atom is 0.270 e. The summed E-state index contributed by atoms with van der Waals surface area (Å²) in [6, 6.07) is 9.77. The van der Waals surface area contributed by atoms with Crippen LogP contribution in [0.25, 0.3) is 11.3 Å². The fraction of sp³-hybridized carbons (Fsp3) is 0.188. The Labute approximate surface area is 132 Å². The van der Waals surface area contributed by atoms with Crippen LogP contribution in [0.1, 0.15) is 27.4 Å². The summed E-state index contributed by atoms with van der Waals surface area (Å²) in [5, 5.41) is 14.0. The molecule has 23 heavy (non-hydrogen) atoms. The van der Waals surface area contributed by atoms with Gasteiger partial charge in [-0.3, -0.25) is 9.89 Å². The number of H-pyrrole nitrogens is 1. The zero-order chi connectivity index (χ0) is 16.2. The van der Waals surface area contributed by atoms with Crippen LogP contribution < -0.4 is 11.1 Å². The largest absolute Gasteiger partial charge is 0.364 e. The van der Waals surface area contributed by atoms with E-state index in [0.29, 0.717) is 18.8 Å². The molecule has 3 aromatic rings. The molecule has 0 aliphatic carbocycles. The minimum Gasteiger partial charge on any atom is -0.364 e. The Morgan fingerprint density at radius 1 is 1.30 bits per heavy atom. The molecule has 3 rings (SSSR count). The molecule has 0 spiro atoms. The molecule has 1 aromatic carbocycles. The van der Waals surface area contributed by atoms with Crippen LogP contribution in [0.4, 0.5) is 0 Å². The first-order valence-electron chi connectivity index (χ1n) is 7.19. The van der Waals surface area contributed by atoms with Gasteiger partial charge in [-0.2, -0.15) is 5.10 Å². The van der Waals surface area contributed by atoms with Gasteiger partial charge in [0.1, 0.15) is 0 Å². The van der Waals surface area contributed by atoms with E-state index in [-0.39, 0.29) is 5.69 Å². The predicted octanol–water partition coefficient (Wildman–Crippen LogP) is 1.76. The summed E-state index contributed by atoms with van der Waals surface area (Å²) < 4.78 is 5.04. The maximum atomic E-state index is 11.0. The van der Waals surface area contributed by atoms with Gasteiger partial charge < -0.3 is 15.6 Å². The first-order chi connectivity index (χ1) is 11.1. The molecule has 2 aromatic heterocycles. The van der Waals surface area contributed by atoms with Crippen LogP contribution in [0.3, 0.4) is 0 Å². The van der Waals surface area contributed by atoms with Crippen molar-refractivity contribution in [1.82, 2.24) is 20.7 Å². The average Bonchev–Trinajstić information content (AvgIpc) is 3.18. The Bertz CT molecular complexity index is 804. The van der Waals surface area contributed by atoms with Crippen molar-refractivity contribution in [2.45, 2.75) is 20.0 Å². The zero-order valence-corrected chi connectivity index (χ0v) is 12.7. The molecular formula is C16H17N5O2. The molecule has 0 bridgehead atoms. The molecule has 4 N–H and O–H groups in total. The van der Waals surface area contributed by atoms with Gasteiger partial charge in [-0.15, -0.1) is 0 Å². The number of nitrogens with one attached hydrogen (secondary N) is 2. The van der Waals surface area contributed by atoms with Crippen LogP contribution >= 0.6 is 0 Å². The number of nitrogens with two attached hydrogens (primary N) is 1. The number of hydrogen-bond donors (Lipinski definition) is 3. The summed E-state index contributed by atoms with van der Waals surface area (Å²) in [6.07, 6.45) is 1.79. The van der Waals surface area contributed by atoms with E-state index in [1.807, 2.05) is 0 Å². The molecular weight excluding hydrogens is 294 g/mol. The molecule has 7 heteroatoms. The van der Waals surface area contributed by atoms with Crippen molar-refractivity contribution >= 4 is 5.91 Å². The molecule has 0 saturated heterocycles. The number of aromatic nitrogens is 3. The van der Waals surface area contributed by atoms with Crippen molar-refractivity contribution in [3.63, 3.8) is 0 Å². The second-order valence-corrected chi connectivity index (χ2v) is 5.28. The van der Waals surface area contributed by atoms with Gasteiger partial charge in [0.2, 0.25) is 0 Å². The van der Waals surface area contributed by atoms with E-state index >= 15 is 0 Å². The van der Waals surface area contributed by atoms with Crippen LogP contribution in [0.5, 0.6) is 0 Å². The monoisotopic (exact) mass is 311 g/mol. The highest BCUT2D eigenvalue weighted by Gasteiger charge is 2.10. The maximum absolute atomic E-state index is 11.0. The quantitative estimate of drug-likeness (QED) is 0.642. The van der Waals surface area contributed by atoms with Crippen molar-refractivity contribution in [3.05, 3.63) is 59.1 Å². The van der Waals surface area contributed by atoms with E-state index in [0.717, 1.165) is 16.8 Å². The van der Waals surface area contributed by atoms with Gasteiger partial charge in [-0.1, -0.05) is 35.0 Å². The van der Waals surface area contributed by atoms with Gasteiger partial charge in [0.05, 0.1) is 18.4 Å². The molecule has 7 nitrogen and oxygen atoms in total. The fourth-order valence-electron chi connectivity index (χ4n) is 2.25. The number of aryl methyl sites for hydroxylation is 1. The third-order valence-electron chi connectivity index (χ3n) is 3.48. The number of amides is 1. The predicted molar refractivity (Wildman–Crippen MR) is 84.3 cm³/mol. The second kappa shape index (κ2) is 6.45. The molecule has 0 radical (unpaired) electrons. The number of benzene rings is 1. The van der Waals surface area contributed by atoms with Crippen molar-refractivity contribution in [3.8, 4) is 11.3 Å². The van der Waals surface area contributed by atoms with Crippen LogP contribution in [0, 0.1) is 6.92 Å². The molecule has 0 fully saturated rings. The number of nitrogens with zero attached hydrogens (tertiary/aromatic N) is 2. The van der Waals surface area contributed by atoms with E-state index in [9.17, 15) is 4.79 Å². The van der Waals surface area contributed by atoms with E-state index in [1.54, 1.807) is 6.20 Å². The smallest absolute Gasteiger partial charge is 0.270 e. The second-order valence-electron chi connectivity index (χ2n) is 5.28. The number of primary amides is 1. The highest BCUT2D eigenvalue weighted by Crippen LogP contribution is 2.21. The summed E-state index contributed by atoms with van der Waals surface area (Å²) >= 11 is 0. The van der Waals surface area contributed by atoms with Gasteiger partial charge in [0.25, 0.3) is 5.91 Å². The number of hydrogen-bond acceptors (Lipinski definition) is 5. The molecule has 1 amide bonds. The van der Waals surface area contributed by atoms with Gasteiger partial charge in [-0.05, 0) is 12.5 Å². The standard InChI is InChI=1S/C16H17N5O2/c1-10-2-4-11(5-3-10)15-12(8-19-20-15)7-18-9-13-6-14(16(17)22)21-23-13/h2-6,8,18H,7,9H2,1H3,(H2,17,22)(H,19,20). The number of aromatic amines is 1. The van der Waals surface area contributed by atoms with Gasteiger partial charge in [0.15, 0.2) is 11.5 Å². The van der Waals surface area contributed by atoms with Crippen molar-refractivity contribution < 1.29 is 9.32 Å². The van der Waals surface area contributed by atoms with E-state index in [4.69, 9.17) is 10.3 Å². The molecule has 0 aliphatic rings. The topological polar surface area (TPSA) is 110 Å². The van der Waals surface area contributed by atoms with Crippen LogP contribution in [-0.2, 0) is 13.1 Å². The zero-order valence-electron chi connectivity index (χ0n) is 12.7. The minimum atomic E-state index is -0.600. The highest BCUT2D eigenvalue weighted by molar-refractivity contribution is 5.90. The molecule has 0 saturated carbocycles. The Balaban J connectivity index is 1.64. The van der Waals surface area contributed by atoms with E-state index < -0.39 is 5.91 Å². The lowest BCUT2D eigenvalue weighted by atomic mass is 10.1. The third-order valence-corrected chi connectivity index (χ3v) is 3.48. The summed E-state index contributed by atoms with van der Waals surface area (Å²) in [6.45, 7) is 3.10. The van der Waals surface area contributed by atoms with Crippen molar-refractivity contribution in [1.29, 1.82) is 0 Å². The van der Waals surface area contributed by atoms with Gasteiger partial charge in [-0.25, -0.2) is 0 Å². The minimum absolute atomic E-state index is 0.130. The Morgan fingerprint density at radius 2 is 2.09 bits per heavy atom. The average molecular weight is 311 g/mol. The number of rotatable bonds is 6.